The molecule has 0 radical (unpaired) electrons. The van der Waals surface area contributed by atoms with E-state index >= 15 is 0 Å². The third-order valence-electron chi connectivity index (χ3n) is 11.4. The summed E-state index contributed by atoms with van der Waals surface area (Å²) >= 11 is 0. The molecular weight excluding hydrogens is 739 g/mol. The van der Waals surface area contributed by atoms with Crippen LogP contribution in [0.1, 0.15) is 232 Å². The Morgan fingerprint density at radius 1 is 0.508 bits per heavy atom. The van der Waals surface area contributed by atoms with Gasteiger partial charge in [-0.2, -0.15) is 0 Å². The molecule has 0 heterocycles. The first-order chi connectivity index (χ1) is 28.6. The van der Waals surface area contributed by atoms with Crippen molar-refractivity contribution in [3.63, 3.8) is 0 Å². The van der Waals surface area contributed by atoms with Gasteiger partial charge >= 0.3 is 11.9 Å². The number of hydrogen-bond acceptors (Lipinski definition) is 7. The first kappa shape index (κ1) is 56.8. The summed E-state index contributed by atoms with van der Waals surface area (Å²) < 4.78 is 17.2. The lowest BCUT2D eigenvalue weighted by molar-refractivity contribution is -0.889. The monoisotopic (exact) mass is 834 g/mol. The van der Waals surface area contributed by atoms with E-state index in [0.29, 0.717) is 12.8 Å². The number of esters is 2. The van der Waals surface area contributed by atoms with E-state index in [1.54, 1.807) is 21.1 Å². The molecule has 0 aliphatic rings. The molecular formula is C51H95NO7. The molecule has 0 aliphatic heterocycles. The zero-order valence-electron chi connectivity index (χ0n) is 39.4. The summed E-state index contributed by atoms with van der Waals surface area (Å²) in [6.45, 7) is 4.66. The van der Waals surface area contributed by atoms with Crippen molar-refractivity contribution in [1.29, 1.82) is 0 Å². The van der Waals surface area contributed by atoms with Crippen LogP contribution in [0.15, 0.2) is 24.3 Å². The summed E-state index contributed by atoms with van der Waals surface area (Å²) in [4.78, 5) is 37.0. The molecule has 0 fully saturated rings. The molecule has 2 unspecified atom stereocenters. The molecule has 0 aromatic carbocycles. The van der Waals surface area contributed by atoms with Crippen LogP contribution in [0.2, 0.25) is 0 Å². The molecule has 0 saturated carbocycles. The number of unbranched alkanes of at least 4 members (excludes halogenated alkanes) is 28. The van der Waals surface area contributed by atoms with Gasteiger partial charge in [-0.25, -0.2) is 0 Å². The van der Waals surface area contributed by atoms with Gasteiger partial charge in [-0.3, -0.25) is 9.59 Å². The van der Waals surface area contributed by atoms with Crippen molar-refractivity contribution < 1.29 is 38.2 Å². The number of likely N-dealkylation sites (N-methyl/N-ethyl adjacent to an activating group) is 1. The highest BCUT2D eigenvalue weighted by Crippen LogP contribution is 2.16. The largest absolute Gasteiger partial charge is 0.544 e. The third kappa shape index (κ3) is 41.0. The van der Waals surface area contributed by atoms with Crippen LogP contribution in [0.3, 0.4) is 0 Å². The molecule has 8 nitrogen and oxygen atoms in total. The highest BCUT2D eigenvalue weighted by molar-refractivity contribution is 5.70. The molecule has 0 aromatic heterocycles. The topological polar surface area (TPSA) is 102 Å². The molecule has 0 saturated heterocycles. The highest BCUT2D eigenvalue weighted by Gasteiger charge is 2.25. The second-order valence-corrected chi connectivity index (χ2v) is 18.1. The number of nitrogens with zero attached hydrogens (tertiary/aromatic N) is 1. The molecule has 0 spiro atoms. The van der Waals surface area contributed by atoms with Crippen LogP contribution in [0, 0.1) is 0 Å². The number of carboxylic acids is 1. The lowest BCUT2D eigenvalue weighted by atomic mass is 10.0. The van der Waals surface area contributed by atoms with Gasteiger partial charge in [0.2, 0.25) is 0 Å². The normalized spacial score (nSPS) is 13.0. The standard InChI is InChI=1S/C51H95NO7/c1-6-8-10-12-14-16-18-20-22-24-25-26-28-29-31-33-35-37-39-41-49(53)58-46-47(45-57-44-43-48(51(55)56)52(3,4)5)59-50(54)42-40-38-36-34-32-30-27-23-21-19-17-15-13-11-9-7-2/h23,27,30,32,47-48H,6-22,24-26,28-29,31,33-46H2,1-5H3/b27-23+,32-30+. The lowest BCUT2D eigenvalue weighted by Gasteiger charge is -2.34. The van der Waals surface area contributed by atoms with Crippen LogP contribution >= 0.6 is 0 Å². The average Bonchev–Trinajstić information content (AvgIpc) is 3.19. The fourth-order valence-corrected chi connectivity index (χ4v) is 7.48. The smallest absolute Gasteiger partial charge is 0.306 e. The van der Waals surface area contributed by atoms with Crippen LogP contribution in [0.25, 0.3) is 0 Å². The van der Waals surface area contributed by atoms with E-state index in [1.807, 2.05) is 0 Å². The van der Waals surface area contributed by atoms with Gasteiger partial charge in [0.1, 0.15) is 12.6 Å². The molecule has 2 atom stereocenters. The van der Waals surface area contributed by atoms with E-state index in [4.69, 9.17) is 14.2 Å². The summed E-state index contributed by atoms with van der Waals surface area (Å²) in [5.74, 6) is -1.75. The summed E-state index contributed by atoms with van der Waals surface area (Å²) in [5, 5.41) is 11.6. The van der Waals surface area contributed by atoms with Gasteiger partial charge in [0.25, 0.3) is 0 Å². The summed E-state index contributed by atoms with van der Waals surface area (Å²) in [5.41, 5.74) is 0. The summed E-state index contributed by atoms with van der Waals surface area (Å²) in [7, 11) is 5.41. The number of carbonyl (C=O) groups excluding carboxylic acids is 3. The zero-order chi connectivity index (χ0) is 43.5. The Morgan fingerprint density at radius 2 is 0.881 bits per heavy atom. The molecule has 0 N–H and O–H groups in total. The van der Waals surface area contributed by atoms with Crippen molar-refractivity contribution in [2.45, 2.75) is 244 Å². The number of hydrogen-bond donors (Lipinski definition) is 0. The van der Waals surface area contributed by atoms with E-state index in [0.717, 1.165) is 51.4 Å². The van der Waals surface area contributed by atoms with Crippen LogP contribution in [0.4, 0.5) is 0 Å². The molecule has 0 bridgehead atoms. The predicted octanol–water partition coefficient (Wildman–Crippen LogP) is 12.7. The zero-order valence-corrected chi connectivity index (χ0v) is 39.4. The van der Waals surface area contributed by atoms with Crippen LogP contribution in [0.5, 0.6) is 0 Å². The predicted molar refractivity (Wildman–Crippen MR) is 245 cm³/mol. The van der Waals surface area contributed by atoms with Crippen molar-refractivity contribution in [1.82, 2.24) is 0 Å². The second kappa shape index (κ2) is 42.5. The van der Waals surface area contributed by atoms with Crippen molar-refractivity contribution >= 4 is 17.9 Å². The minimum absolute atomic E-state index is 0.0342. The number of allylic oxidation sites excluding steroid dienone is 4. The van der Waals surface area contributed by atoms with E-state index in [-0.39, 0.29) is 42.7 Å². The fourth-order valence-electron chi connectivity index (χ4n) is 7.48. The minimum Gasteiger partial charge on any atom is -0.544 e. The maximum absolute atomic E-state index is 12.7. The third-order valence-corrected chi connectivity index (χ3v) is 11.4. The van der Waals surface area contributed by atoms with E-state index in [1.165, 1.54) is 148 Å². The lowest BCUT2D eigenvalue weighted by Crippen LogP contribution is -2.55. The van der Waals surface area contributed by atoms with Crippen molar-refractivity contribution in [2.75, 3.05) is 41.0 Å². The molecule has 0 aliphatic carbocycles. The fraction of sp³-hybridized carbons (Fsp3) is 0.863. The molecule has 59 heavy (non-hydrogen) atoms. The molecule has 0 amide bonds. The molecule has 0 aromatic rings. The molecule has 8 heteroatoms. The number of carboxylic acid groups (broad SMARTS) is 1. The molecule has 346 valence electrons. The maximum atomic E-state index is 12.7. The summed E-state index contributed by atoms with van der Waals surface area (Å²) in [6.07, 6.45) is 47.8. The first-order valence-corrected chi connectivity index (χ1v) is 24.9. The van der Waals surface area contributed by atoms with Crippen LogP contribution in [-0.2, 0) is 28.6 Å². The van der Waals surface area contributed by atoms with Crippen LogP contribution < -0.4 is 5.11 Å². The van der Waals surface area contributed by atoms with E-state index in [2.05, 4.69) is 38.2 Å². The van der Waals surface area contributed by atoms with Gasteiger partial charge in [-0.05, 0) is 38.5 Å². The Bertz CT molecular complexity index is 1020. The quantitative estimate of drug-likeness (QED) is 0.0260. The summed E-state index contributed by atoms with van der Waals surface area (Å²) in [6, 6.07) is -0.728. The SMILES string of the molecule is CCCCCCCCC/C=C/C=C/CCCCCC(=O)OC(COCCC(C(=O)[O-])[N+](C)(C)C)COC(=O)CCCCCCCCCCCCCCCCCCCCC. The number of ether oxygens (including phenoxy) is 3. The van der Waals surface area contributed by atoms with Crippen molar-refractivity contribution in [3.05, 3.63) is 24.3 Å². The van der Waals surface area contributed by atoms with E-state index < -0.39 is 18.1 Å². The Morgan fingerprint density at radius 3 is 1.29 bits per heavy atom. The van der Waals surface area contributed by atoms with Gasteiger partial charge in [0, 0.05) is 19.3 Å². The Labute approximate surface area is 364 Å². The van der Waals surface area contributed by atoms with E-state index in [9.17, 15) is 19.5 Å². The average molecular weight is 834 g/mol. The van der Waals surface area contributed by atoms with Gasteiger partial charge in [0.15, 0.2) is 6.10 Å². The number of rotatable bonds is 45. The highest BCUT2D eigenvalue weighted by atomic mass is 16.6. The number of aliphatic carboxylic acids is 1. The Kier molecular flexibility index (Phi) is 40.9. The van der Waals surface area contributed by atoms with Gasteiger partial charge in [-0.15, -0.1) is 0 Å². The van der Waals surface area contributed by atoms with Gasteiger partial charge < -0.3 is 28.6 Å². The number of quaternary nitrogens is 1. The minimum atomic E-state index is -1.13. The Hall–Kier alpha value is -2.19. The molecule has 0 rings (SSSR count). The van der Waals surface area contributed by atoms with Crippen molar-refractivity contribution in [2.24, 2.45) is 0 Å². The Balaban J connectivity index is 4.27. The number of carbonyl (C=O) groups is 3. The first-order valence-electron chi connectivity index (χ1n) is 24.9. The van der Waals surface area contributed by atoms with Gasteiger partial charge in [-0.1, -0.05) is 199 Å². The van der Waals surface area contributed by atoms with Crippen LogP contribution in [-0.4, -0.2) is 75.5 Å². The maximum Gasteiger partial charge on any atom is 0.306 e. The second-order valence-electron chi connectivity index (χ2n) is 18.1. The van der Waals surface area contributed by atoms with Crippen molar-refractivity contribution in [3.8, 4) is 0 Å². The van der Waals surface area contributed by atoms with Gasteiger partial charge in [0.05, 0.1) is 40.3 Å².